The summed E-state index contributed by atoms with van der Waals surface area (Å²) in [4.78, 5) is 13.0. The highest BCUT2D eigenvalue weighted by Gasteiger charge is 2.18. The monoisotopic (exact) mass is 419 g/mol. The number of carbonyl (C=O) groups is 1. The van der Waals surface area contributed by atoms with Crippen molar-refractivity contribution in [3.05, 3.63) is 74.0 Å². The van der Waals surface area contributed by atoms with Crippen LogP contribution in [0.25, 0.3) is 10.1 Å². The van der Waals surface area contributed by atoms with E-state index in [2.05, 4.69) is 15.5 Å². The van der Waals surface area contributed by atoms with Crippen molar-refractivity contribution >= 4 is 67.0 Å². The molecule has 0 aliphatic heterocycles. The van der Waals surface area contributed by atoms with Gasteiger partial charge in [0.2, 0.25) is 5.13 Å². The molecule has 0 saturated heterocycles. The number of carbonyl (C=O) groups excluding carboxylic acids is 1. The van der Waals surface area contributed by atoms with Crippen LogP contribution >= 0.6 is 45.9 Å². The van der Waals surface area contributed by atoms with Gasteiger partial charge in [-0.1, -0.05) is 64.9 Å². The second-order valence-electron chi connectivity index (χ2n) is 5.50. The van der Waals surface area contributed by atoms with E-state index < -0.39 is 0 Å². The van der Waals surface area contributed by atoms with Gasteiger partial charge in [0.15, 0.2) is 0 Å². The van der Waals surface area contributed by atoms with Gasteiger partial charge < -0.3 is 0 Å². The maximum absolute atomic E-state index is 12.5. The molecule has 0 atom stereocenters. The average molecular weight is 420 g/mol. The number of benzene rings is 2. The number of hydrogen-bond donors (Lipinski definition) is 1. The fourth-order valence-electron chi connectivity index (χ4n) is 2.47. The van der Waals surface area contributed by atoms with Crippen molar-refractivity contribution in [1.29, 1.82) is 0 Å². The largest absolute Gasteiger partial charge is 0.296 e. The number of nitrogens with zero attached hydrogens (tertiary/aromatic N) is 2. The first kappa shape index (κ1) is 17.4. The van der Waals surface area contributed by atoms with Gasteiger partial charge in [0, 0.05) is 21.5 Å². The van der Waals surface area contributed by atoms with Crippen molar-refractivity contribution in [2.75, 3.05) is 5.32 Å². The number of rotatable bonds is 4. The van der Waals surface area contributed by atoms with Gasteiger partial charge in [0.1, 0.15) is 9.88 Å². The van der Waals surface area contributed by atoms with Gasteiger partial charge in [-0.15, -0.1) is 21.5 Å². The highest BCUT2D eigenvalue weighted by atomic mass is 35.5. The molecule has 0 fully saturated rings. The lowest BCUT2D eigenvalue weighted by molar-refractivity contribution is 0.103. The van der Waals surface area contributed by atoms with Crippen LogP contribution in [0.3, 0.4) is 0 Å². The molecule has 130 valence electrons. The molecule has 1 amide bonds. The van der Waals surface area contributed by atoms with Gasteiger partial charge in [0.05, 0.1) is 5.02 Å². The summed E-state index contributed by atoms with van der Waals surface area (Å²) >= 11 is 14.9. The van der Waals surface area contributed by atoms with Gasteiger partial charge in [-0.05, 0) is 23.8 Å². The lowest BCUT2D eigenvalue weighted by Gasteiger charge is -1.99. The number of anilines is 1. The highest BCUT2D eigenvalue weighted by molar-refractivity contribution is 7.22. The molecule has 1 N–H and O–H groups in total. The number of halogens is 2. The smallest absolute Gasteiger partial charge is 0.269 e. The van der Waals surface area contributed by atoms with E-state index in [4.69, 9.17) is 23.2 Å². The van der Waals surface area contributed by atoms with Crippen LogP contribution in [-0.4, -0.2) is 16.1 Å². The van der Waals surface area contributed by atoms with E-state index in [0.29, 0.717) is 26.5 Å². The SMILES string of the molecule is O=C(Nc1nnc(Cc2ccc(Cl)cc2)s1)c1sc2ccccc2c1Cl. The maximum Gasteiger partial charge on any atom is 0.269 e. The van der Waals surface area contributed by atoms with E-state index in [-0.39, 0.29) is 5.91 Å². The Labute approximate surface area is 167 Å². The minimum atomic E-state index is -0.273. The lowest BCUT2D eigenvalue weighted by Crippen LogP contribution is -2.10. The molecule has 0 spiro atoms. The van der Waals surface area contributed by atoms with Gasteiger partial charge in [-0.25, -0.2) is 0 Å². The van der Waals surface area contributed by atoms with Crippen molar-refractivity contribution in [2.24, 2.45) is 0 Å². The summed E-state index contributed by atoms with van der Waals surface area (Å²) < 4.78 is 0.975. The Morgan fingerprint density at radius 3 is 2.54 bits per heavy atom. The van der Waals surface area contributed by atoms with Crippen molar-refractivity contribution in [1.82, 2.24) is 10.2 Å². The van der Waals surface area contributed by atoms with Crippen molar-refractivity contribution < 1.29 is 4.79 Å². The summed E-state index contributed by atoms with van der Waals surface area (Å²) in [6.07, 6.45) is 0.633. The van der Waals surface area contributed by atoms with E-state index in [9.17, 15) is 4.79 Å². The van der Waals surface area contributed by atoms with Gasteiger partial charge >= 0.3 is 0 Å². The summed E-state index contributed by atoms with van der Waals surface area (Å²) in [5.41, 5.74) is 1.08. The molecule has 26 heavy (non-hydrogen) atoms. The molecular weight excluding hydrogens is 409 g/mol. The van der Waals surface area contributed by atoms with E-state index in [1.54, 1.807) is 0 Å². The Bertz CT molecular complexity index is 1090. The zero-order chi connectivity index (χ0) is 18.1. The predicted molar refractivity (Wildman–Crippen MR) is 109 cm³/mol. The molecule has 0 saturated carbocycles. The lowest BCUT2D eigenvalue weighted by atomic mass is 10.2. The first-order valence-corrected chi connectivity index (χ1v) is 10.0. The minimum Gasteiger partial charge on any atom is -0.296 e. The molecule has 2 aromatic heterocycles. The van der Waals surface area contributed by atoms with Crippen LogP contribution in [0.15, 0.2) is 48.5 Å². The molecule has 0 radical (unpaired) electrons. The van der Waals surface area contributed by atoms with Crippen LogP contribution in [0, 0.1) is 0 Å². The van der Waals surface area contributed by atoms with Gasteiger partial charge in [-0.3, -0.25) is 10.1 Å². The van der Waals surface area contributed by atoms with Crippen LogP contribution < -0.4 is 5.32 Å². The number of fused-ring (bicyclic) bond motifs is 1. The third kappa shape index (κ3) is 3.59. The molecular formula is C18H11Cl2N3OS2. The molecule has 4 rings (SSSR count). The third-order valence-corrected chi connectivity index (χ3v) is 6.46. The minimum absolute atomic E-state index is 0.273. The summed E-state index contributed by atoms with van der Waals surface area (Å²) in [6.45, 7) is 0. The number of hydrogen-bond acceptors (Lipinski definition) is 5. The van der Waals surface area contributed by atoms with E-state index in [1.165, 1.54) is 22.7 Å². The molecule has 4 aromatic rings. The molecule has 0 unspecified atom stereocenters. The fourth-order valence-corrected chi connectivity index (χ4v) is 4.77. The quantitative estimate of drug-likeness (QED) is 0.447. The number of amides is 1. The zero-order valence-electron chi connectivity index (χ0n) is 13.2. The summed E-state index contributed by atoms with van der Waals surface area (Å²) in [7, 11) is 0. The molecule has 0 aliphatic rings. The second-order valence-corrected chi connectivity index (χ2v) is 8.43. The second kappa shape index (κ2) is 7.32. The Hall–Kier alpha value is -1.99. The van der Waals surface area contributed by atoms with Crippen molar-refractivity contribution in [3.8, 4) is 0 Å². The van der Waals surface area contributed by atoms with Crippen LogP contribution in [0.5, 0.6) is 0 Å². The molecule has 0 aliphatic carbocycles. The molecule has 0 bridgehead atoms. The van der Waals surface area contributed by atoms with Crippen LogP contribution in [0.2, 0.25) is 10.0 Å². The normalized spacial score (nSPS) is 11.0. The topological polar surface area (TPSA) is 54.9 Å². The van der Waals surface area contributed by atoms with Crippen molar-refractivity contribution in [2.45, 2.75) is 6.42 Å². The van der Waals surface area contributed by atoms with E-state index in [0.717, 1.165) is 20.7 Å². The maximum atomic E-state index is 12.5. The van der Waals surface area contributed by atoms with E-state index in [1.807, 2.05) is 48.5 Å². The Kier molecular flexibility index (Phi) is 4.91. The Balaban J connectivity index is 1.50. The summed E-state index contributed by atoms with van der Waals surface area (Å²) in [5, 5.41) is 14.3. The first-order valence-electron chi connectivity index (χ1n) is 7.65. The summed E-state index contributed by atoms with van der Waals surface area (Å²) in [5.74, 6) is -0.273. The third-order valence-electron chi connectivity index (χ3n) is 3.70. The molecule has 8 heteroatoms. The Morgan fingerprint density at radius 1 is 1.00 bits per heavy atom. The summed E-state index contributed by atoms with van der Waals surface area (Å²) in [6, 6.07) is 15.2. The number of thiophene rings is 1. The number of aromatic nitrogens is 2. The van der Waals surface area contributed by atoms with Crippen LogP contribution in [0.1, 0.15) is 20.2 Å². The molecule has 4 nitrogen and oxygen atoms in total. The molecule has 2 aromatic carbocycles. The van der Waals surface area contributed by atoms with Crippen molar-refractivity contribution in [3.63, 3.8) is 0 Å². The zero-order valence-corrected chi connectivity index (χ0v) is 16.3. The highest BCUT2D eigenvalue weighted by Crippen LogP contribution is 2.35. The van der Waals surface area contributed by atoms with Gasteiger partial charge in [-0.2, -0.15) is 0 Å². The molecule has 2 heterocycles. The number of nitrogens with one attached hydrogen (secondary N) is 1. The average Bonchev–Trinajstić information content (AvgIpc) is 3.22. The van der Waals surface area contributed by atoms with Crippen LogP contribution in [0.4, 0.5) is 5.13 Å². The van der Waals surface area contributed by atoms with Crippen LogP contribution in [-0.2, 0) is 6.42 Å². The van der Waals surface area contributed by atoms with E-state index >= 15 is 0 Å². The predicted octanol–water partition coefficient (Wildman–Crippen LogP) is 5.90. The standard InChI is InChI=1S/C18H11Cl2N3OS2/c19-11-7-5-10(6-8-11)9-14-22-23-18(26-14)21-17(24)16-15(20)12-3-1-2-4-13(12)25-16/h1-8H,9H2,(H,21,23,24). The first-order chi connectivity index (χ1) is 12.6. The Morgan fingerprint density at radius 2 is 1.77 bits per heavy atom. The van der Waals surface area contributed by atoms with Gasteiger partial charge in [0.25, 0.3) is 5.91 Å². The fraction of sp³-hybridized carbons (Fsp3) is 0.0556.